The largest absolute Gasteiger partial charge is 0.323 e. The minimum Gasteiger partial charge on any atom is -0.323 e. The SMILES string of the molecule is O=C(Nc1cnn(Cc2ccccc2Cl)c1)C1CC1. The molecule has 5 heteroatoms. The highest BCUT2D eigenvalue weighted by Gasteiger charge is 2.29. The van der Waals surface area contributed by atoms with Gasteiger partial charge in [0.15, 0.2) is 0 Å². The van der Waals surface area contributed by atoms with Gasteiger partial charge in [0.05, 0.1) is 18.4 Å². The first kappa shape index (κ1) is 12.2. The predicted molar refractivity (Wildman–Crippen MR) is 74.1 cm³/mol. The van der Waals surface area contributed by atoms with Crippen LogP contribution < -0.4 is 5.32 Å². The van der Waals surface area contributed by atoms with Crippen molar-refractivity contribution in [3.8, 4) is 0 Å². The van der Waals surface area contributed by atoms with Crippen LogP contribution in [0.3, 0.4) is 0 Å². The number of anilines is 1. The lowest BCUT2D eigenvalue weighted by Gasteiger charge is -2.04. The summed E-state index contributed by atoms with van der Waals surface area (Å²) < 4.78 is 1.77. The van der Waals surface area contributed by atoms with Crippen molar-refractivity contribution < 1.29 is 4.79 Å². The summed E-state index contributed by atoms with van der Waals surface area (Å²) in [6.07, 6.45) is 5.49. The van der Waals surface area contributed by atoms with Gasteiger partial charge in [0.2, 0.25) is 5.91 Å². The quantitative estimate of drug-likeness (QED) is 0.933. The van der Waals surface area contributed by atoms with Crippen molar-refractivity contribution >= 4 is 23.2 Å². The minimum atomic E-state index is 0.0947. The highest BCUT2D eigenvalue weighted by Crippen LogP contribution is 2.30. The average Bonchev–Trinajstić information content (AvgIpc) is 3.16. The van der Waals surface area contributed by atoms with Crippen LogP contribution in [0.4, 0.5) is 5.69 Å². The van der Waals surface area contributed by atoms with Crippen molar-refractivity contribution in [3.05, 3.63) is 47.2 Å². The van der Waals surface area contributed by atoms with E-state index < -0.39 is 0 Å². The monoisotopic (exact) mass is 275 g/mol. The topological polar surface area (TPSA) is 46.9 Å². The standard InChI is InChI=1S/C14H14ClN3O/c15-13-4-2-1-3-11(13)8-18-9-12(7-16-18)17-14(19)10-5-6-10/h1-4,7,9-10H,5-6,8H2,(H,17,19). The van der Waals surface area contributed by atoms with E-state index in [1.54, 1.807) is 10.9 Å². The summed E-state index contributed by atoms with van der Waals surface area (Å²) >= 11 is 6.10. The summed E-state index contributed by atoms with van der Waals surface area (Å²) in [5.74, 6) is 0.296. The molecule has 0 radical (unpaired) electrons. The molecular formula is C14H14ClN3O. The van der Waals surface area contributed by atoms with Gasteiger partial charge in [-0.1, -0.05) is 29.8 Å². The summed E-state index contributed by atoms with van der Waals surface area (Å²) in [6, 6.07) is 7.67. The van der Waals surface area contributed by atoms with Crippen molar-refractivity contribution in [1.29, 1.82) is 0 Å². The Bertz CT molecular complexity index is 604. The van der Waals surface area contributed by atoms with E-state index in [0.717, 1.165) is 29.1 Å². The second-order valence-electron chi connectivity index (χ2n) is 4.78. The van der Waals surface area contributed by atoms with E-state index in [1.165, 1.54) is 0 Å². The number of carbonyl (C=O) groups is 1. The zero-order chi connectivity index (χ0) is 13.2. The molecule has 0 spiro atoms. The van der Waals surface area contributed by atoms with Crippen LogP contribution in [0.15, 0.2) is 36.7 Å². The molecule has 1 aromatic heterocycles. The average molecular weight is 276 g/mol. The highest BCUT2D eigenvalue weighted by molar-refractivity contribution is 6.31. The molecule has 1 fully saturated rings. The summed E-state index contributed by atoms with van der Waals surface area (Å²) in [5.41, 5.74) is 1.75. The molecule has 0 aliphatic heterocycles. The molecule has 1 saturated carbocycles. The number of halogens is 1. The molecule has 0 atom stereocenters. The van der Waals surface area contributed by atoms with Crippen molar-refractivity contribution in [2.24, 2.45) is 5.92 Å². The fourth-order valence-corrected chi connectivity index (χ4v) is 2.10. The van der Waals surface area contributed by atoms with Gasteiger partial charge in [-0.15, -0.1) is 0 Å². The Morgan fingerprint density at radius 3 is 2.95 bits per heavy atom. The molecule has 0 unspecified atom stereocenters. The van der Waals surface area contributed by atoms with Crippen molar-refractivity contribution in [3.63, 3.8) is 0 Å². The van der Waals surface area contributed by atoms with Gasteiger partial charge >= 0.3 is 0 Å². The van der Waals surface area contributed by atoms with Crippen LogP contribution in [0, 0.1) is 5.92 Å². The first-order chi connectivity index (χ1) is 9.22. The smallest absolute Gasteiger partial charge is 0.227 e. The van der Waals surface area contributed by atoms with Crippen molar-refractivity contribution in [1.82, 2.24) is 9.78 Å². The van der Waals surface area contributed by atoms with Crippen molar-refractivity contribution in [2.45, 2.75) is 19.4 Å². The number of rotatable bonds is 4. The van der Waals surface area contributed by atoms with Crippen LogP contribution in [-0.4, -0.2) is 15.7 Å². The van der Waals surface area contributed by atoms with Crippen LogP contribution in [0.25, 0.3) is 0 Å². The number of nitrogens with one attached hydrogen (secondary N) is 1. The number of aromatic nitrogens is 2. The van der Waals surface area contributed by atoms with Crippen LogP contribution in [0.1, 0.15) is 18.4 Å². The number of hydrogen-bond donors (Lipinski definition) is 1. The molecule has 1 N–H and O–H groups in total. The van der Waals surface area contributed by atoms with Gasteiger partial charge in [-0.2, -0.15) is 5.10 Å². The lowest BCUT2D eigenvalue weighted by Crippen LogP contribution is -2.12. The first-order valence-electron chi connectivity index (χ1n) is 6.29. The van der Waals surface area contributed by atoms with Crippen LogP contribution in [0.2, 0.25) is 5.02 Å². The molecule has 19 heavy (non-hydrogen) atoms. The molecule has 1 aromatic carbocycles. The third kappa shape index (κ3) is 2.96. The normalized spacial score (nSPS) is 14.4. The number of carbonyl (C=O) groups excluding carboxylic acids is 1. The molecular weight excluding hydrogens is 262 g/mol. The highest BCUT2D eigenvalue weighted by atomic mass is 35.5. The van der Waals surface area contributed by atoms with Gasteiger partial charge in [-0.25, -0.2) is 0 Å². The van der Waals surface area contributed by atoms with E-state index in [2.05, 4.69) is 10.4 Å². The predicted octanol–water partition coefficient (Wildman–Crippen LogP) is 2.93. The van der Waals surface area contributed by atoms with Gasteiger partial charge in [0, 0.05) is 17.1 Å². The molecule has 0 saturated heterocycles. The maximum atomic E-state index is 11.6. The van der Waals surface area contributed by atoms with Gasteiger partial charge in [0.25, 0.3) is 0 Å². The van der Waals surface area contributed by atoms with Crippen LogP contribution >= 0.6 is 11.6 Å². The minimum absolute atomic E-state index is 0.0947. The summed E-state index contributed by atoms with van der Waals surface area (Å²) in [4.78, 5) is 11.6. The molecule has 2 aromatic rings. The zero-order valence-electron chi connectivity index (χ0n) is 10.3. The Kier molecular flexibility index (Phi) is 3.25. The Hall–Kier alpha value is -1.81. The second kappa shape index (κ2) is 5.05. The molecule has 98 valence electrons. The Balaban J connectivity index is 1.67. The molecule has 0 bridgehead atoms. The fourth-order valence-electron chi connectivity index (χ4n) is 1.91. The summed E-state index contributed by atoms with van der Waals surface area (Å²) in [7, 11) is 0. The van der Waals surface area contributed by atoms with Gasteiger partial charge in [0.1, 0.15) is 0 Å². The summed E-state index contributed by atoms with van der Waals surface area (Å²) in [6.45, 7) is 0.596. The van der Waals surface area contributed by atoms with E-state index in [-0.39, 0.29) is 11.8 Å². The molecule has 1 heterocycles. The molecule has 1 aliphatic carbocycles. The van der Waals surface area contributed by atoms with E-state index in [0.29, 0.717) is 6.54 Å². The Morgan fingerprint density at radius 1 is 1.42 bits per heavy atom. The molecule has 1 aliphatic rings. The van der Waals surface area contributed by atoms with Crippen LogP contribution in [0.5, 0.6) is 0 Å². The lowest BCUT2D eigenvalue weighted by molar-refractivity contribution is -0.117. The van der Waals surface area contributed by atoms with Gasteiger partial charge < -0.3 is 5.32 Å². The van der Waals surface area contributed by atoms with Gasteiger partial charge in [-0.3, -0.25) is 9.48 Å². The van der Waals surface area contributed by atoms with E-state index in [1.807, 2.05) is 30.5 Å². The number of hydrogen-bond acceptors (Lipinski definition) is 2. The maximum Gasteiger partial charge on any atom is 0.227 e. The second-order valence-corrected chi connectivity index (χ2v) is 5.19. The van der Waals surface area contributed by atoms with E-state index >= 15 is 0 Å². The van der Waals surface area contributed by atoms with Crippen molar-refractivity contribution in [2.75, 3.05) is 5.32 Å². The Morgan fingerprint density at radius 2 is 2.21 bits per heavy atom. The molecule has 4 nitrogen and oxygen atoms in total. The number of benzene rings is 1. The Labute approximate surface area is 116 Å². The lowest BCUT2D eigenvalue weighted by atomic mass is 10.2. The van der Waals surface area contributed by atoms with Crippen LogP contribution in [-0.2, 0) is 11.3 Å². The fraction of sp³-hybridized carbons (Fsp3) is 0.286. The van der Waals surface area contributed by atoms with E-state index in [4.69, 9.17) is 11.6 Å². The molecule has 3 rings (SSSR count). The zero-order valence-corrected chi connectivity index (χ0v) is 11.1. The summed E-state index contributed by atoms with van der Waals surface area (Å²) in [5, 5.41) is 7.82. The third-order valence-corrected chi connectivity index (χ3v) is 3.51. The maximum absolute atomic E-state index is 11.6. The first-order valence-corrected chi connectivity index (χ1v) is 6.67. The van der Waals surface area contributed by atoms with E-state index in [9.17, 15) is 4.79 Å². The number of amides is 1. The van der Waals surface area contributed by atoms with Gasteiger partial charge in [-0.05, 0) is 24.5 Å². The molecule has 1 amide bonds. The number of nitrogens with zero attached hydrogens (tertiary/aromatic N) is 2. The third-order valence-electron chi connectivity index (χ3n) is 3.14.